The number of hydrogen-bond donors (Lipinski definition) is 2. The molecule has 2 N–H and O–H groups in total. The molecule has 4 nitrogen and oxygen atoms in total. The summed E-state index contributed by atoms with van der Waals surface area (Å²) in [5, 5.41) is 6.40. The number of likely N-dealkylation sites (tertiary alicyclic amines) is 1. The third kappa shape index (κ3) is 6.25. The number of piperidine rings is 1. The van der Waals surface area contributed by atoms with E-state index in [1.165, 1.54) is 18.4 Å². The van der Waals surface area contributed by atoms with E-state index in [2.05, 4.69) is 45.9 Å². The Morgan fingerprint density at radius 3 is 2.46 bits per heavy atom. The molecule has 3 rings (SSSR count). The molecule has 0 aliphatic carbocycles. The Kier molecular flexibility index (Phi) is 9.67. The smallest absolute Gasteiger partial charge is 0.237 e. The van der Waals surface area contributed by atoms with Gasteiger partial charge in [-0.3, -0.25) is 9.69 Å². The van der Waals surface area contributed by atoms with E-state index in [1.807, 2.05) is 0 Å². The maximum absolute atomic E-state index is 12.0. The molecule has 0 radical (unpaired) electrons. The van der Waals surface area contributed by atoms with Crippen molar-refractivity contribution in [3.05, 3.63) is 35.9 Å². The summed E-state index contributed by atoms with van der Waals surface area (Å²) >= 11 is 0. The van der Waals surface area contributed by atoms with Crippen molar-refractivity contribution in [2.75, 3.05) is 26.2 Å². The van der Waals surface area contributed by atoms with Gasteiger partial charge in [0.2, 0.25) is 5.91 Å². The number of halogens is 2. The van der Waals surface area contributed by atoms with E-state index < -0.39 is 0 Å². The molecule has 136 valence electrons. The number of amides is 1. The predicted octanol–water partition coefficient (Wildman–Crippen LogP) is 2.61. The third-order valence-electron chi connectivity index (χ3n) is 4.90. The molecule has 0 aromatic heterocycles. The molecule has 2 aliphatic heterocycles. The van der Waals surface area contributed by atoms with Crippen molar-refractivity contribution in [1.29, 1.82) is 0 Å². The van der Waals surface area contributed by atoms with Gasteiger partial charge in [-0.25, -0.2) is 0 Å². The number of nitrogens with one attached hydrogen (secondary N) is 2. The number of carbonyl (C=O) groups excluding carboxylic acids is 1. The monoisotopic (exact) mass is 373 g/mol. The minimum atomic E-state index is 0. The fourth-order valence-electron chi connectivity index (χ4n) is 3.47. The molecule has 2 fully saturated rings. The molecule has 1 aromatic carbocycles. The average molecular weight is 374 g/mol. The largest absolute Gasteiger partial charge is 0.354 e. The number of carbonyl (C=O) groups is 1. The number of benzene rings is 1. The van der Waals surface area contributed by atoms with E-state index in [0.717, 1.165) is 45.6 Å². The fraction of sp³-hybridized carbons (Fsp3) is 0.611. The van der Waals surface area contributed by atoms with Crippen LogP contribution in [0.2, 0.25) is 0 Å². The summed E-state index contributed by atoms with van der Waals surface area (Å²) in [6.07, 6.45) is 4.48. The van der Waals surface area contributed by atoms with Gasteiger partial charge < -0.3 is 10.6 Å². The Morgan fingerprint density at radius 1 is 1.12 bits per heavy atom. The van der Waals surface area contributed by atoms with Crippen LogP contribution < -0.4 is 10.6 Å². The third-order valence-corrected chi connectivity index (χ3v) is 4.90. The lowest BCUT2D eigenvalue weighted by molar-refractivity contribution is -0.123. The van der Waals surface area contributed by atoms with Crippen LogP contribution >= 0.6 is 24.8 Å². The molecule has 2 aliphatic rings. The van der Waals surface area contributed by atoms with Gasteiger partial charge in [0.05, 0.1) is 6.04 Å². The Bertz CT molecular complexity index is 472. The van der Waals surface area contributed by atoms with Crippen molar-refractivity contribution >= 4 is 30.7 Å². The van der Waals surface area contributed by atoms with Gasteiger partial charge in [-0.1, -0.05) is 30.3 Å². The highest BCUT2D eigenvalue weighted by molar-refractivity contribution is 5.85. The number of hydrogen-bond acceptors (Lipinski definition) is 3. The first-order chi connectivity index (χ1) is 10.8. The van der Waals surface area contributed by atoms with Crippen molar-refractivity contribution in [3.63, 3.8) is 0 Å². The normalized spacial score (nSPS) is 21.6. The molecule has 1 aromatic rings. The first-order valence-corrected chi connectivity index (χ1v) is 8.58. The molecule has 1 unspecified atom stereocenters. The molecule has 24 heavy (non-hydrogen) atoms. The molecule has 1 atom stereocenters. The maximum Gasteiger partial charge on any atom is 0.237 e. The maximum atomic E-state index is 12.0. The van der Waals surface area contributed by atoms with Crippen LogP contribution in [0.25, 0.3) is 0 Å². The zero-order valence-electron chi connectivity index (χ0n) is 14.1. The van der Waals surface area contributed by atoms with Crippen molar-refractivity contribution in [2.24, 2.45) is 5.92 Å². The second-order valence-corrected chi connectivity index (χ2v) is 6.60. The minimum absolute atomic E-state index is 0. The lowest BCUT2D eigenvalue weighted by Gasteiger charge is -2.32. The zero-order chi connectivity index (χ0) is 15.2. The van der Waals surface area contributed by atoms with Crippen LogP contribution in [0.4, 0.5) is 0 Å². The van der Waals surface area contributed by atoms with Crippen LogP contribution in [-0.2, 0) is 11.3 Å². The van der Waals surface area contributed by atoms with Gasteiger partial charge in [-0.15, -0.1) is 24.8 Å². The first kappa shape index (κ1) is 21.2. The van der Waals surface area contributed by atoms with Crippen molar-refractivity contribution < 1.29 is 4.79 Å². The topological polar surface area (TPSA) is 44.4 Å². The molecule has 0 bridgehead atoms. The van der Waals surface area contributed by atoms with Crippen molar-refractivity contribution in [3.8, 4) is 0 Å². The molecule has 1 amide bonds. The average Bonchev–Trinajstić information content (AvgIpc) is 3.09. The van der Waals surface area contributed by atoms with Gasteiger partial charge in [0.15, 0.2) is 0 Å². The number of rotatable bonds is 5. The fourth-order valence-corrected chi connectivity index (χ4v) is 3.47. The Labute approximate surface area is 157 Å². The van der Waals surface area contributed by atoms with Crippen LogP contribution in [0.5, 0.6) is 0 Å². The minimum Gasteiger partial charge on any atom is -0.354 e. The second-order valence-electron chi connectivity index (χ2n) is 6.60. The van der Waals surface area contributed by atoms with E-state index in [-0.39, 0.29) is 36.8 Å². The SMILES string of the molecule is Cl.Cl.O=C(NCC1CCN(Cc2ccccc2)CC1)C1CCCN1. The summed E-state index contributed by atoms with van der Waals surface area (Å²) in [4.78, 5) is 14.5. The highest BCUT2D eigenvalue weighted by Gasteiger charge is 2.24. The van der Waals surface area contributed by atoms with Gasteiger partial charge in [-0.2, -0.15) is 0 Å². The lowest BCUT2D eigenvalue weighted by atomic mass is 9.96. The quantitative estimate of drug-likeness (QED) is 0.833. The molecular weight excluding hydrogens is 345 g/mol. The predicted molar refractivity (Wildman–Crippen MR) is 103 cm³/mol. The highest BCUT2D eigenvalue weighted by atomic mass is 35.5. The summed E-state index contributed by atoms with van der Waals surface area (Å²) in [5.74, 6) is 0.835. The zero-order valence-corrected chi connectivity index (χ0v) is 15.7. The van der Waals surface area contributed by atoms with E-state index >= 15 is 0 Å². The Morgan fingerprint density at radius 2 is 1.83 bits per heavy atom. The van der Waals surface area contributed by atoms with Gasteiger partial charge in [0, 0.05) is 13.1 Å². The summed E-state index contributed by atoms with van der Waals surface area (Å²) in [6.45, 7) is 5.15. The van der Waals surface area contributed by atoms with Crippen LogP contribution in [0.15, 0.2) is 30.3 Å². The molecule has 2 saturated heterocycles. The standard InChI is InChI=1S/C18H27N3O.2ClH/c22-18(17-7-4-10-19-17)20-13-15-8-11-21(12-9-15)14-16-5-2-1-3-6-16;;/h1-3,5-6,15,17,19H,4,7-14H2,(H,20,22);2*1H. The summed E-state index contributed by atoms with van der Waals surface area (Å²) in [5.41, 5.74) is 1.39. The van der Waals surface area contributed by atoms with Crippen molar-refractivity contribution in [1.82, 2.24) is 15.5 Å². The van der Waals surface area contributed by atoms with Gasteiger partial charge >= 0.3 is 0 Å². The molecule has 0 spiro atoms. The number of nitrogens with zero attached hydrogens (tertiary/aromatic N) is 1. The van der Waals surface area contributed by atoms with Gasteiger partial charge in [0.1, 0.15) is 0 Å². The van der Waals surface area contributed by atoms with Gasteiger partial charge in [0.25, 0.3) is 0 Å². The van der Waals surface area contributed by atoms with E-state index in [4.69, 9.17) is 0 Å². The first-order valence-electron chi connectivity index (χ1n) is 8.58. The molecule has 6 heteroatoms. The van der Waals surface area contributed by atoms with Crippen LogP contribution in [0.1, 0.15) is 31.2 Å². The highest BCUT2D eigenvalue weighted by Crippen LogP contribution is 2.18. The van der Waals surface area contributed by atoms with E-state index in [0.29, 0.717) is 5.92 Å². The summed E-state index contributed by atoms with van der Waals surface area (Å²) in [6, 6.07) is 10.7. The van der Waals surface area contributed by atoms with Crippen LogP contribution in [0, 0.1) is 5.92 Å². The Hall–Kier alpha value is -0.810. The van der Waals surface area contributed by atoms with Crippen LogP contribution in [0.3, 0.4) is 0 Å². The molecule has 0 saturated carbocycles. The van der Waals surface area contributed by atoms with E-state index in [9.17, 15) is 4.79 Å². The second kappa shape index (κ2) is 10.9. The summed E-state index contributed by atoms with van der Waals surface area (Å²) < 4.78 is 0. The van der Waals surface area contributed by atoms with Crippen LogP contribution in [-0.4, -0.2) is 43.0 Å². The lowest BCUT2D eigenvalue weighted by Crippen LogP contribution is -2.44. The molecular formula is C18H29Cl2N3O. The van der Waals surface area contributed by atoms with Crippen molar-refractivity contribution in [2.45, 2.75) is 38.3 Å². The Balaban J connectivity index is 0.00000144. The molecule has 2 heterocycles. The van der Waals surface area contributed by atoms with E-state index in [1.54, 1.807) is 0 Å². The van der Waals surface area contributed by atoms with Gasteiger partial charge in [-0.05, 0) is 56.8 Å². The summed E-state index contributed by atoms with van der Waals surface area (Å²) in [7, 11) is 0.